The second kappa shape index (κ2) is 4.85. The number of rotatable bonds is 2. The summed E-state index contributed by atoms with van der Waals surface area (Å²) in [5.74, 6) is 1.16. The van der Waals surface area contributed by atoms with Gasteiger partial charge in [-0.25, -0.2) is 0 Å². The summed E-state index contributed by atoms with van der Waals surface area (Å²) in [6, 6.07) is 1.61. The molecule has 1 fully saturated rings. The van der Waals surface area contributed by atoms with Gasteiger partial charge in [-0.3, -0.25) is 0 Å². The summed E-state index contributed by atoms with van der Waals surface area (Å²) in [5.41, 5.74) is 0. The zero-order valence-electron chi connectivity index (χ0n) is 5.90. The number of hydrogen-bond acceptors (Lipinski definition) is 0. The van der Waals surface area contributed by atoms with Gasteiger partial charge in [-0.05, 0) is 0 Å². The van der Waals surface area contributed by atoms with Crippen LogP contribution < -0.4 is 0 Å². The van der Waals surface area contributed by atoms with Gasteiger partial charge in [-0.1, -0.05) is 0 Å². The van der Waals surface area contributed by atoms with Crippen molar-refractivity contribution in [1.82, 2.24) is 0 Å². The maximum absolute atomic E-state index is 1.81. The predicted octanol–water partition coefficient (Wildman–Crippen LogP) is 1.88. The van der Waals surface area contributed by atoms with Crippen LogP contribution in [0, 0.1) is 5.92 Å². The monoisotopic (exact) mass is 216 g/mol. The van der Waals surface area contributed by atoms with Crippen molar-refractivity contribution in [3.05, 3.63) is 0 Å². The summed E-state index contributed by atoms with van der Waals surface area (Å²) in [5, 5.41) is 0. The summed E-state index contributed by atoms with van der Waals surface area (Å²) >= 11 is 1.81. The van der Waals surface area contributed by atoms with Gasteiger partial charge in [0.05, 0.1) is 0 Å². The van der Waals surface area contributed by atoms with Crippen molar-refractivity contribution in [2.75, 3.05) is 0 Å². The molecule has 0 N–H and O–H groups in total. The van der Waals surface area contributed by atoms with Crippen LogP contribution in [0.4, 0.5) is 0 Å². The van der Waals surface area contributed by atoms with E-state index in [-0.39, 0.29) is 0 Å². The quantitative estimate of drug-likeness (QED) is 0.620. The summed E-state index contributed by atoms with van der Waals surface area (Å²) in [6.07, 6.45) is 8.56. The number of hydrogen-bond donors (Lipinski definition) is 0. The van der Waals surface area contributed by atoms with Crippen molar-refractivity contribution in [3.8, 4) is 0 Å². The molecular weight excluding hydrogens is 203 g/mol. The molecule has 0 aliphatic heterocycles. The minimum atomic E-state index is 0.869. The fourth-order valence-corrected chi connectivity index (χ4v) is 4.85. The summed E-state index contributed by atoms with van der Waals surface area (Å²) in [4.78, 5) is 0. The Morgan fingerprint density at radius 2 is 1.89 bits per heavy atom. The molecule has 48 valence electrons. The normalized spacial score (nSPS) is 22.0. The third-order valence-corrected chi connectivity index (χ3v) is 4.82. The second-order valence-electron chi connectivity index (χ2n) is 2.94. The van der Waals surface area contributed by atoms with Crippen LogP contribution in [-0.4, -0.2) is 6.16 Å². The summed E-state index contributed by atoms with van der Waals surface area (Å²) in [7, 11) is 0. The molecule has 0 bridgehead atoms. The molecule has 0 unspecified atom stereocenters. The zero-order chi connectivity index (χ0) is 6.53. The fourth-order valence-electron chi connectivity index (χ4n) is 1.59. The molecule has 0 amide bonds. The Labute approximate surface area is 73.4 Å². The fraction of sp³-hybridized carbons (Fsp3) is 1.00. The van der Waals surface area contributed by atoms with E-state index in [0.29, 0.717) is 0 Å². The Balaban J connectivity index is 2.15. The standard InChI is InChI=1S/C7H14Si.Zr/c8-6-7-4-2-1-3-5-7;/h7-8H,1-6H2;/q;+2. The van der Waals surface area contributed by atoms with E-state index in [4.69, 9.17) is 0 Å². The molecule has 0 spiro atoms. The Hall–Kier alpha value is 1.10. The molecule has 0 aromatic heterocycles. The van der Waals surface area contributed by atoms with Gasteiger partial charge in [-0.2, -0.15) is 0 Å². The third-order valence-electron chi connectivity index (χ3n) is 2.18. The molecule has 0 atom stereocenters. The van der Waals surface area contributed by atoms with Crippen LogP contribution in [0.1, 0.15) is 32.1 Å². The Bertz CT molecular complexity index is 86.9. The van der Waals surface area contributed by atoms with Crippen LogP contribution in [-0.2, 0) is 23.3 Å². The van der Waals surface area contributed by atoms with Crippen molar-refractivity contribution >= 4 is 6.16 Å². The van der Waals surface area contributed by atoms with Crippen molar-refractivity contribution in [2.45, 2.75) is 38.1 Å². The van der Waals surface area contributed by atoms with Crippen LogP contribution in [0.5, 0.6) is 0 Å². The van der Waals surface area contributed by atoms with Crippen LogP contribution in [0.25, 0.3) is 0 Å². The second-order valence-corrected chi connectivity index (χ2v) is 6.83. The first-order valence-corrected chi connectivity index (χ1v) is 9.57. The van der Waals surface area contributed by atoms with Gasteiger partial charge in [0.2, 0.25) is 0 Å². The molecule has 1 aliphatic rings. The van der Waals surface area contributed by atoms with E-state index < -0.39 is 0 Å². The first-order chi connectivity index (χ1) is 4.43. The van der Waals surface area contributed by atoms with Gasteiger partial charge in [0.1, 0.15) is 0 Å². The molecule has 1 aliphatic carbocycles. The SMILES string of the molecule is [Zr+2]=[SiH]CC1CCCCC1. The van der Waals surface area contributed by atoms with Crippen molar-refractivity contribution < 1.29 is 23.3 Å². The molecule has 2 heteroatoms. The van der Waals surface area contributed by atoms with E-state index in [0.717, 1.165) is 12.1 Å². The topological polar surface area (TPSA) is 0 Å². The van der Waals surface area contributed by atoms with E-state index in [9.17, 15) is 0 Å². The average molecular weight is 217 g/mol. The first kappa shape index (κ1) is 8.20. The molecule has 0 nitrogen and oxygen atoms in total. The maximum atomic E-state index is 1.81. The first-order valence-electron chi connectivity index (χ1n) is 3.92. The van der Waals surface area contributed by atoms with Crippen LogP contribution in [0.15, 0.2) is 0 Å². The van der Waals surface area contributed by atoms with E-state index in [1.54, 1.807) is 18.9 Å². The van der Waals surface area contributed by atoms with Crippen molar-refractivity contribution in [1.29, 1.82) is 0 Å². The molecule has 0 heterocycles. The molecular formula is C7H14SiZr+2. The van der Waals surface area contributed by atoms with Gasteiger partial charge >= 0.3 is 73.6 Å². The van der Waals surface area contributed by atoms with Crippen LogP contribution >= 0.6 is 0 Å². The Morgan fingerprint density at radius 3 is 2.44 bits per heavy atom. The molecule has 0 aromatic rings. The van der Waals surface area contributed by atoms with Crippen molar-refractivity contribution in [3.63, 3.8) is 0 Å². The molecule has 0 saturated heterocycles. The Morgan fingerprint density at radius 1 is 1.22 bits per heavy atom. The molecule has 1 saturated carbocycles. The van der Waals surface area contributed by atoms with E-state index in [2.05, 4.69) is 0 Å². The zero-order valence-corrected chi connectivity index (χ0v) is 9.51. The summed E-state index contributed by atoms with van der Waals surface area (Å²) < 4.78 is 0. The van der Waals surface area contributed by atoms with Crippen molar-refractivity contribution in [2.24, 2.45) is 5.92 Å². The third kappa shape index (κ3) is 3.13. The molecule has 0 aromatic carbocycles. The molecule has 1 rings (SSSR count). The van der Waals surface area contributed by atoms with Gasteiger partial charge in [0, 0.05) is 0 Å². The predicted molar refractivity (Wildman–Crippen MR) is 38.5 cm³/mol. The van der Waals surface area contributed by atoms with Gasteiger partial charge in [0.15, 0.2) is 0 Å². The van der Waals surface area contributed by atoms with Gasteiger partial charge in [-0.15, -0.1) is 0 Å². The van der Waals surface area contributed by atoms with E-state index in [1.165, 1.54) is 19.3 Å². The molecule has 0 radical (unpaired) electrons. The van der Waals surface area contributed by atoms with Gasteiger partial charge in [0.25, 0.3) is 0 Å². The van der Waals surface area contributed by atoms with E-state index in [1.807, 2.05) is 23.3 Å². The summed E-state index contributed by atoms with van der Waals surface area (Å²) in [6.45, 7) is 0. The van der Waals surface area contributed by atoms with Crippen LogP contribution in [0.2, 0.25) is 6.04 Å². The van der Waals surface area contributed by atoms with Crippen LogP contribution in [0.3, 0.4) is 0 Å². The van der Waals surface area contributed by atoms with Gasteiger partial charge < -0.3 is 0 Å². The Kier molecular flexibility index (Phi) is 4.41. The van der Waals surface area contributed by atoms with E-state index >= 15 is 0 Å². The average Bonchev–Trinajstić information content (AvgIpc) is 1.91. The molecule has 9 heavy (non-hydrogen) atoms. The minimum absolute atomic E-state index is 0.869.